The molecule has 1 heterocycles. The van der Waals surface area contributed by atoms with Crippen molar-refractivity contribution in [2.45, 2.75) is 10.8 Å². The highest BCUT2D eigenvalue weighted by Crippen LogP contribution is 2.29. The number of nitrogens with one attached hydrogen (secondary N) is 2. The van der Waals surface area contributed by atoms with Gasteiger partial charge in [0.15, 0.2) is 4.90 Å². The van der Waals surface area contributed by atoms with E-state index in [9.17, 15) is 32.9 Å². The van der Waals surface area contributed by atoms with Crippen LogP contribution in [0, 0.1) is 10.1 Å². The summed E-state index contributed by atoms with van der Waals surface area (Å²) in [5.74, 6) is -1.80. The van der Waals surface area contributed by atoms with E-state index in [-0.39, 0.29) is 24.7 Å². The van der Waals surface area contributed by atoms with Gasteiger partial charge in [-0.05, 0) is 23.8 Å². The molecule has 0 atom stereocenters. The highest BCUT2D eigenvalue weighted by atomic mass is 35.5. The van der Waals surface area contributed by atoms with Crippen molar-refractivity contribution >= 4 is 50.7 Å². The second-order valence-electron chi connectivity index (χ2n) is 6.76. The zero-order valence-electron chi connectivity index (χ0n) is 16.9. The van der Waals surface area contributed by atoms with Crippen LogP contribution in [0.5, 0.6) is 0 Å². The van der Waals surface area contributed by atoms with Gasteiger partial charge >= 0.3 is 0 Å². The van der Waals surface area contributed by atoms with E-state index in [1.807, 2.05) is 0 Å². The van der Waals surface area contributed by atoms with E-state index in [2.05, 4.69) is 10.0 Å². The van der Waals surface area contributed by atoms with E-state index in [1.165, 1.54) is 18.2 Å². The molecule has 11 nitrogen and oxygen atoms in total. The Hall–Kier alpha value is -3.77. The van der Waals surface area contributed by atoms with Gasteiger partial charge in [0.05, 0.1) is 10.5 Å². The molecule has 2 N–H and O–H groups in total. The minimum atomic E-state index is -4.56. The van der Waals surface area contributed by atoms with Crippen molar-refractivity contribution in [3.05, 3.63) is 75.9 Å². The summed E-state index contributed by atoms with van der Waals surface area (Å²) in [6.07, 6.45) is 2.17. The third-order valence-corrected chi connectivity index (χ3v) is 6.37. The van der Waals surface area contributed by atoms with Crippen molar-refractivity contribution < 1.29 is 27.7 Å². The molecule has 1 aliphatic rings. The molecule has 0 spiro atoms. The molecule has 0 aromatic heterocycles. The predicted molar refractivity (Wildman–Crippen MR) is 118 cm³/mol. The second kappa shape index (κ2) is 9.79. The van der Waals surface area contributed by atoms with E-state index >= 15 is 0 Å². The third kappa shape index (κ3) is 5.35. The van der Waals surface area contributed by atoms with Gasteiger partial charge in [0, 0.05) is 42.9 Å². The van der Waals surface area contributed by atoms with Gasteiger partial charge in [0.25, 0.3) is 33.4 Å². The first-order valence-corrected chi connectivity index (χ1v) is 11.4. The zero-order chi connectivity index (χ0) is 24.2. The van der Waals surface area contributed by atoms with E-state index in [1.54, 1.807) is 12.1 Å². The van der Waals surface area contributed by atoms with Crippen LogP contribution >= 0.6 is 11.6 Å². The first-order valence-electron chi connectivity index (χ1n) is 9.41. The maximum absolute atomic E-state index is 13.0. The smallest absolute Gasteiger partial charge is 0.290 e. The van der Waals surface area contributed by atoms with Gasteiger partial charge in [-0.15, -0.1) is 11.6 Å². The number of anilines is 1. The number of hydrogen-bond donors (Lipinski definition) is 2. The van der Waals surface area contributed by atoms with Crippen molar-refractivity contribution in [3.8, 4) is 0 Å². The Balaban J connectivity index is 1.87. The molecule has 2 aromatic rings. The van der Waals surface area contributed by atoms with Crippen molar-refractivity contribution in [1.29, 1.82) is 0 Å². The van der Waals surface area contributed by atoms with Gasteiger partial charge in [-0.25, -0.2) is 8.42 Å². The largest absolute Gasteiger partial charge is 0.350 e. The quantitative estimate of drug-likeness (QED) is 0.234. The molecule has 13 heteroatoms. The van der Waals surface area contributed by atoms with Crippen molar-refractivity contribution in [2.24, 2.45) is 0 Å². The third-order valence-electron chi connectivity index (χ3n) is 4.59. The first-order chi connectivity index (χ1) is 15.6. The van der Waals surface area contributed by atoms with Crippen LogP contribution in [-0.4, -0.2) is 49.1 Å². The van der Waals surface area contributed by atoms with E-state index in [4.69, 9.17) is 11.6 Å². The second-order valence-corrected chi connectivity index (χ2v) is 8.65. The number of rotatable bonds is 9. The molecular formula is C20H17ClN4O7S. The van der Waals surface area contributed by atoms with Crippen LogP contribution in [0.1, 0.15) is 15.9 Å². The number of amides is 3. The SMILES string of the molecule is O=C(NCCN1C(=O)C=CC1=O)c1cccc([N+](=O)[O-])c1S(=O)(=O)Nc1ccc(CCl)cc1. The van der Waals surface area contributed by atoms with Gasteiger partial charge < -0.3 is 5.32 Å². The summed E-state index contributed by atoms with van der Waals surface area (Å²) in [5.41, 5.74) is -0.407. The standard InChI is InChI=1S/C20H17ClN4O7S/c21-12-13-4-6-14(7-5-13)23-33(31,32)19-15(2-1-3-16(19)25(29)30)20(28)22-10-11-24-17(26)8-9-18(24)27/h1-9,23H,10-12H2,(H,22,28). The summed E-state index contributed by atoms with van der Waals surface area (Å²) in [6, 6.07) is 9.29. The Bertz CT molecular complexity index is 1240. The molecule has 0 fully saturated rings. The number of benzene rings is 2. The summed E-state index contributed by atoms with van der Waals surface area (Å²) >= 11 is 5.72. The summed E-state index contributed by atoms with van der Waals surface area (Å²) in [5, 5.41) is 13.9. The average Bonchev–Trinajstić information content (AvgIpc) is 3.10. The maximum Gasteiger partial charge on any atom is 0.290 e. The monoisotopic (exact) mass is 492 g/mol. The average molecular weight is 493 g/mol. The lowest BCUT2D eigenvalue weighted by molar-refractivity contribution is -0.387. The summed E-state index contributed by atoms with van der Waals surface area (Å²) in [4.78, 5) is 46.6. The molecule has 172 valence electrons. The summed E-state index contributed by atoms with van der Waals surface area (Å²) in [6.45, 7) is -0.341. The normalized spacial score (nSPS) is 13.3. The fraction of sp³-hybridized carbons (Fsp3) is 0.150. The van der Waals surface area contributed by atoms with Crippen LogP contribution in [0.15, 0.2) is 59.5 Å². The molecule has 0 unspecified atom stereocenters. The molecule has 33 heavy (non-hydrogen) atoms. The number of carbonyl (C=O) groups is 3. The number of carbonyl (C=O) groups excluding carboxylic acids is 3. The summed E-state index contributed by atoms with van der Waals surface area (Å²) < 4.78 is 28.3. The lowest BCUT2D eigenvalue weighted by Crippen LogP contribution is -2.38. The number of nitro benzene ring substituents is 1. The highest BCUT2D eigenvalue weighted by Gasteiger charge is 2.32. The molecule has 0 radical (unpaired) electrons. The number of hydrogen-bond acceptors (Lipinski definition) is 7. The number of halogens is 1. The summed E-state index contributed by atoms with van der Waals surface area (Å²) in [7, 11) is -4.56. The fourth-order valence-electron chi connectivity index (χ4n) is 3.03. The zero-order valence-corrected chi connectivity index (χ0v) is 18.4. The van der Waals surface area contributed by atoms with Crippen LogP contribution in [0.4, 0.5) is 11.4 Å². The van der Waals surface area contributed by atoms with Crippen LogP contribution in [0.2, 0.25) is 0 Å². The number of sulfonamides is 1. The number of nitro groups is 1. The van der Waals surface area contributed by atoms with Crippen LogP contribution in [-0.2, 0) is 25.5 Å². The molecule has 2 aromatic carbocycles. The minimum absolute atomic E-state index is 0.118. The topological polar surface area (TPSA) is 156 Å². The predicted octanol–water partition coefficient (Wildman–Crippen LogP) is 1.79. The minimum Gasteiger partial charge on any atom is -0.350 e. The van der Waals surface area contributed by atoms with Crippen LogP contribution in [0.25, 0.3) is 0 Å². The lowest BCUT2D eigenvalue weighted by atomic mass is 10.2. The molecule has 0 aliphatic carbocycles. The van der Waals surface area contributed by atoms with Crippen molar-refractivity contribution in [3.63, 3.8) is 0 Å². The van der Waals surface area contributed by atoms with Crippen molar-refractivity contribution in [1.82, 2.24) is 10.2 Å². The lowest BCUT2D eigenvalue weighted by Gasteiger charge is -2.15. The molecule has 1 aliphatic heterocycles. The Morgan fingerprint density at radius 2 is 1.70 bits per heavy atom. The number of nitrogens with zero attached hydrogens (tertiary/aromatic N) is 2. The Kier molecular flexibility index (Phi) is 7.09. The Morgan fingerprint density at radius 1 is 1.06 bits per heavy atom. The highest BCUT2D eigenvalue weighted by molar-refractivity contribution is 7.93. The Morgan fingerprint density at radius 3 is 2.27 bits per heavy atom. The van der Waals surface area contributed by atoms with Gasteiger partial charge in [0.1, 0.15) is 0 Å². The van der Waals surface area contributed by atoms with Gasteiger partial charge in [-0.2, -0.15) is 0 Å². The molecule has 0 saturated carbocycles. The van der Waals surface area contributed by atoms with Crippen LogP contribution < -0.4 is 10.0 Å². The number of alkyl halides is 1. The van der Waals surface area contributed by atoms with Crippen molar-refractivity contribution in [2.75, 3.05) is 17.8 Å². The molecule has 0 saturated heterocycles. The van der Waals surface area contributed by atoms with Gasteiger partial charge in [0.2, 0.25) is 0 Å². The number of imide groups is 1. The Labute approximate surface area is 193 Å². The van der Waals surface area contributed by atoms with E-state index in [0.717, 1.165) is 34.7 Å². The van der Waals surface area contributed by atoms with Crippen LogP contribution in [0.3, 0.4) is 0 Å². The van der Waals surface area contributed by atoms with E-state index < -0.39 is 48.8 Å². The molecular weight excluding hydrogens is 476 g/mol. The molecule has 3 amide bonds. The molecule has 3 rings (SSSR count). The first kappa shape index (κ1) is 23.9. The molecule has 0 bridgehead atoms. The van der Waals surface area contributed by atoms with Gasteiger partial charge in [-0.3, -0.25) is 34.1 Å². The van der Waals surface area contributed by atoms with Gasteiger partial charge in [-0.1, -0.05) is 18.2 Å². The maximum atomic E-state index is 13.0. The van der Waals surface area contributed by atoms with E-state index in [0.29, 0.717) is 0 Å². The fourth-order valence-corrected chi connectivity index (χ4v) is 4.62.